The molecule has 20 heavy (non-hydrogen) atoms. The number of hydrogen-bond acceptors (Lipinski definition) is 3. The van der Waals surface area contributed by atoms with Crippen molar-refractivity contribution in [3.05, 3.63) is 47.3 Å². The molecule has 2 aromatic rings. The fraction of sp³-hybridized carbons (Fsp3) is 0.333. The van der Waals surface area contributed by atoms with Gasteiger partial charge in [0.15, 0.2) is 0 Å². The summed E-state index contributed by atoms with van der Waals surface area (Å²) in [5, 5.41) is 7.48. The standard InChI is InChI=1S/C15H20N4O/c1-10-4-5-11(2)14(6-10)12(3)18-13-7-17-19(8-13)9-15(16)20/h4-8,12,18H,9H2,1-3H3,(H2,16,20). The number of carbonyl (C=O) groups is 1. The molecule has 2 rings (SSSR count). The third-order valence-electron chi connectivity index (χ3n) is 3.24. The van der Waals surface area contributed by atoms with Crippen molar-refractivity contribution in [1.29, 1.82) is 0 Å². The van der Waals surface area contributed by atoms with E-state index in [2.05, 4.69) is 49.4 Å². The van der Waals surface area contributed by atoms with Gasteiger partial charge in [0.2, 0.25) is 5.91 Å². The molecule has 3 N–H and O–H groups in total. The van der Waals surface area contributed by atoms with Crippen LogP contribution in [0.25, 0.3) is 0 Å². The normalized spacial score (nSPS) is 12.2. The maximum absolute atomic E-state index is 10.8. The fourth-order valence-electron chi connectivity index (χ4n) is 2.24. The largest absolute Gasteiger partial charge is 0.376 e. The van der Waals surface area contributed by atoms with Gasteiger partial charge in [0.25, 0.3) is 0 Å². The molecule has 1 atom stereocenters. The summed E-state index contributed by atoms with van der Waals surface area (Å²) in [4.78, 5) is 10.8. The van der Waals surface area contributed by atoms with Crippen LogP contribution in [0.2, 0.25) is 0 Å². The van der Waals surface area contributed by atoms with Crippen molar-refractivity contribution < 1.29 is 4.79 Å². The summed E-state index contributed by atoms with van der Waals surface area (Å²) in [6.07, 6.45) is 3.48. The van der Waals surface area contributed by atoms with Crippen LogP contribution in [-0.4, -0.2) is 15.7 Å². The van der Waals surface area contributed by atoms with E-state index in [9.17, 15) is 4.79 Å². The molecule has 1 aromatic carbocycles. The quantitative estimate of drug-likeness (QED) is 0.876. The average molecular weight is 272 g/mol. The van der Waals surface area contributed by atoms with Gasteiger partial charge in [-0.2, -0.15) is 5.10 Å². The lowest BCUT2D eigenvalue weighted by atomic mass is 10.00. The minimum atomic E-state index is -0.401. The second-order valence-corrected chi connectivity index (χ2v) is 5.12. The Balaban J connectivity index is 2.11. The van der Waals surface area contributed by atoms with Gasteiger partial charge < -0.3 is 11.1 Å². The van der Waals surface area contributed by atoms with Gasteiger partial charge in [-0.1, -0.05) is 23.8 Å². The van der Waals surface area contributed by atoms with E-state index >= 15 is 0 Å². The monoisotopic (exact) mass is 272 g/mol. The zero-order valence-corrected chi connectivity index (χ0v) is 12.1. The second kappa shape index (κ2) is 5.77. The van der Waals surface area contributed by atoms with Crippen LogP contribution in [0.4, 0.5) is 5.69 Å². The van der Waals surface area contributed by atoms with Gasteiger partial charge in [-0.3, -0.25) is 9.48 Å². The molecule has 0 aliphatic heterocycles. The minimum absolute atomic E-state index is 0.0968. The Morgan fingerprint density at radius 1 is 1.45 bits per heavy atom. The lowest BCUT2D eigenvalue weighted by molar-refractivity contribution is -0.118. The van der Waals surface area contributed by atoms with E-state index in [1.165, 1.54) is 21.4 Å². The number of primary amides is 1. The van der Waals surface area contributed by atoms with E-state index < -0.39 is 5.91 Å². The second-order valence-electron chi connectivity index (χ2n) is 5.12. The summed E-state index contributed by atoms with van der Waals surface area (Å²) in [6, 6.07) is 6.58. The highest BCUT2D eigenvalue weighted by Crippen LogP contribution is 2.22. The Labute approximate surface area is 118 Å². The van der Waals surface area contributed by atoms with Crippen molar-refractivity contribution in [3.63, 3.8) is 0 Å². The summed E-state index contributed by atoms with van der Waals surface area (Å²) >= 11 is 0. The lowest BCUT2D eigenvalue weighted by Crippen LogP contribution is -2.18. The number of amides is 1. The van der Waals surface area contributed by atoms with Crippen LogP contribution in [0.15, 0.2) is 30.6 Å². The molecular weight excluding hydrogens is 252 g/mol. The molecule has 1 unspecified atom stereocenters. The molecule has 0 spiro atoms. The van der Waals surface area contributed by atoms with E-state index in [0.717, 1.165) is 5.69 Å². The molecule has 5 nitrogen and oxygen atoms in total. The predicted octanol–water partition coefficient (Wildman–Crippen LogP) is 2.16. The number of nitrogens with one attached hydrogen (secondary N) is 1. The molecule has 5 heteroatoms. The van der Waals surface area contributed by atoms with Gasteiger partial charge >= 0.3 is 0 Å². The van der Waals surface area contributed by atoms with Crippen molar-refractivity contribution >= 4 is 11.6 Å². The number of benzene rings is 1. The highest BCUT2D eigenvalue weighted by Gasteiger charge is 2.10. The van der Waals surface area contributed by atoms with Gasteiger partial charge in [-0.05, 0) is 31.9 Å². The number of hydrogen-bond donors (Lipinski definition) is 2. The third kappa shape index (κ3) is 3.38. The maximum atomic E-state index is 10.8. The molecule has 1 amide bonds. The number of carbonyl (C=O) groups excluding carboxylic acids is 1. The molecule has 106 valence electrons. The number of anilines is 1. The van der Waals surface area contributed by atoms with Crippen molar-refractivity contribution in [2.24, 2.45) is 5.73 Å². The number of nitrogens with two attached hydrogens (primary N) is 1. The molecule has 1 aromatic heterocycles. The summed E-state index contributed by atoms with van der Waals surface area (Å²) in [6.45, 7) is 6.39. The zero-order chi connectivity index (χ0) is 14.7. The van der Waals surface area contributed by atoms with E-state index in [0.29, 0.717) is 0 Å². The van der Waals surface area contributed by atoms with Gasteiger partial charge in [0.05, 0.1) is 11.9 Å². The Morgan fingerprint density at radius 3 is 2.90 bits per heavy atom. The smallest absolute Gasteiger partial charge is 0.239 e. The van der Waals surface area contributed by atoms with Gasteiger partial charge in [0, 0.05) is 12.2 Å². The number of nitrogens with zero attached hydrogens (tertiary/aromatic N) is 2. The predicted molar refractivity (Wildman–Crippen MR) is 79.4 cm³/mol. The molecular formula is C15H20N4O. The first-order chi connectivity index (χ1) is 9.45. The van der Waals surface area contributed by atoms with Crippen molar-refractivity contribution in [1.82, 2.24) is 9.78 Å². The summed E-state index contributed by atoms with van der Waals surface area (Å²) < 4.78 is 1.53. The van der Waals surface area contributed by atoms with Crippen LogP contribution in [0, 0.1) is 13.8 Å². The average Bonchev–Trinajstić information content (AvgIpc) is 2.78. The molecule has 0 bridgehead atoms. The first kappa shape index (κ1) is 14.1. The molecule has 0 saturated heterocycles. The van der Waals surface area contributed by atoms with Crippen molar-refractivity contribution in [3.8, 4) is 0 Å². The van der Waals surface area contributed by atoms with E-state index in [1.807, 2.05) is 0 Å². The van der Waals surface area contributed by atoms with Crippen molar-refractivity contribution in [2.75, 3.05) is 5.32 Å². The van der Waals surface area contributed by atoms with Gasteiger partial charge in [-0.15, -0.1) is 0 Å². The first-order valence-corrected chi connectivity index (χ1v) is 6.60. The Kier molecular flexibility index (Phi) is 4.08. The van der Waals surface area contributed by atoms with Crippen LogP contribution >= 0.6 is 0 Å². The lowest BCUT2D eigenvalue weighted by Gasteiger charge is -2.17. The van der Waals surface area contributed by atoms with E-state index in [4.69, 9.17) is 5.73 Å². The summed E-state index contributed by atoms with van der Waals surface area (Å²) in [5.74, 6) is -0.401. The summed E-state index contributed by atoms with van der Waals surface area (Å²) in [7, 11) is 0. The molecule has 0 saturated carbocycles. The van der Waals surface area contributed by atoms with Crippen LogP contribution in [0.1, 0.15) is 29.7 Å². The number of aryl methyl sites for hydroxylation is 2. The highest BCUT2D eigenvalue weighted by molar-refractivity contribution is 5.73. The molecule has 0 aliphatic carbocycles. The third-order valence-corrected chi connectivity index (χ3v) is 3.24. The molecule has 0 radical (unpaired) electrons. The Bertz CT molecular complexity index is 618. The molecule has 0 fully saturated rings. The maximum Gasteiger partial charge on any atom is 0.239 e. The number of aromatic nitrogens is 2. The van der Waals surface area contributed by atoms with Crippen LogP contribution in [0.5, 0.6) is 0 Å². The minimum Gasteiger partial charge on any atom is -0.376 e. The van der Waals surface area contributed by atoms with Gasteiger partial charge in [0.1, 0.15) is 6.54 Å². The fourth-order valence-corrected chi connectivity index (χ4v) is 2.24. The van der Waals surface area contributed by atoms with Crippen LogP contribution < -0.4 is 11.1 Å². The van der Waals surface area contributed by atoms with Gasteiger partial charge in [-0.25, -0.2) is 0 Å². The number of rotatable bonds is 5. The topological polar surface area (TPSA) is 72.9 Å². The van der Waals surface area contributed by atoms with E-state index in [-0.39, 0.29) is 12.6 Å². The highest BCUT2D eigenvalue weighted by atomic mass is 16.1. The molecule has 1 heterocycles. The molecule has 0 aliphatic rings. The van der Waals surface area contributed by atoms with E-state index in [1.54, 1.807) is 12.4 Å². The Hall–Kier alpha value is -2.30. The Morgan fingerprint density at radius 2 is 2.20 bits per heavy atom. The first-order valence-electron chi connectivity index (χ1n) is 6.60. The van der Waals surface area contributed by atoms with Crippen molar-refractivity contribution in [2.45, 2.75) is 33.4 Å². The van der Waals surface area contributed by atoms with Crippen LogP contribution in [-0.2, 0) is 11.3 Å². The SMILES string of the molecule is Cc1ccc(C)c(C(C)Nc2cnn(CC(N)=O)c2)c1. The van der Waals surface area contributed by atoms with Crippen LogP contribution in [0.3, 0.4) is 0 Å². The summed E-state index contributed by atoms with van der Waals surface area (Å²) in [5.41, 5.74) is 9.76. The zero-order valence-electron chi connectivity index (χ0n) is 12.1.